The van der Waals surface area contributed by atoms with Crippen LogP contribution in [0, 0.1) is 0 Å². The first-order chi connectivity index (χ1) is 15.0. The third kappa shape index (κ3) is 4.30. The summed E-state index contributed by atoms with van der Waals surface area (Å²) in [4.78, 5) is 26.0. The van der Waals surface area contributed by atoms with E-state index in [1.807, 2.05) is 43.3 Å². The highest BCUT2D eigenvalue weighted by atomic mass is 35.5. The van der Waals surface area contributed by atoms with Gasteiger partial charge in [-0.05, 0) is 54.2 Å². The molecule has 0 aromatic heterocycles. The summed E-state index contributed by atoms with van der Waals surface area (Å²) in [7, 11) is 0. The molecule has 0 saturated carbocycles. The molecular weight excluding hydrogens is 452 g/mol. The topological polar surface area (TPSA) is 58.6 Å². The predicted octanol–water partition coefficient (Wildman–Crippen LogP) is 5.44. The molecule has 0 bridgehead atoms. The van der Waals surface area contributed by atoms with Crippen LogP contribution in [0.2, 0.25) is 5.02 Å². The smallest absolute Gasteiger partial charge is 0.285 e. The number of benzene rings is 3. The van der Waals surface area contributed by atoms with Crippen molar-refractivity contribution < 1.29 is 14.3 Å². The Balaban J connectivity index is 1.67. The van der Waals surface area contributed by atoms with Gasteiger partial charge in [0.25, 0.3) is 11.8 Å². The van der Waals surface area contributed by atoms with Gasteiger partial charge in [-0.2, -0.15) is 5.01 Å². The summed E-state index contributed by atoms with van der Waals surface area (Å²) < 4.78 is 6.02. The number of thioether (sulfide) groups is 1. The van der Waals surface area contributed by atoms with Gasteiger partial charge in [0.1, 0.15) is 5.75 Å². The van der Waals surface area contributed by atoms with Crippen LogP contribution in [0.1, 0.15) is 22.8 Å². The Morgan fingerprint density at radius 3 is 2.68 bits per heavy atom. The second-order valence-electron chi connectivity index (χ2n) is 6.57. The highest BCUT2D eigenvalue weighted by molar-refractivity contribution is 8.26. The minimum Gasteiger partial charge on any atom is -0.493 e. The molecule has 3 aromatic carbocycles. The van der Waals surface area contributed by atoms with Crippen molar-refractivity contribution in [3.05, 3.63) is 81.7 Å². The highest BCUT2D eigenvalue weighted by Gasteiger charge is 2.34. The van der Waals surface area contributed by atoms with Gasteiger partial charge in [-0.25, -0.2) is 0 Å². The van der Waals surface area contributed by atoms with Crippen molar-refractivity contribution in [3.8, 4) is 5.75 Å². The number of rotatable bonds is 5. The van der Waals surface area contributed by atoms with Crippen molar-refractivity contribution in [3.63, 3.8) is 0 Å². The second kappa shape index (κ2) is 9.09. The van der Waals surface area contributed by atoms with Gasteiger partial charge >= 0.3 is 0 Å². The molecule has 0 unspecified atom stereocenters. The summed E-state index contributed by atoms with van der Waals surface area (Å²) >= 11 is 12.5. The number of amides is 2. The maximum Gasteiger partial charge on any atom is 0.285 e. The number of fused-ring (bicyclic) bond motifs is 1. The summed E-state index contributed by atoms with van der Waals surface area (Å²) in [5.74, 6) is -0.249. The molecule has 4 rings (SSSR count). The Morgan fingerprint density at radius 1 is 1.16 bits per heavy atom. The Bertz CT molecular complexity index is 1240. The van der Waals surface area contributed by atoms with Crippen molar-refractivity contribution in [1.29, 1.82) is 0 Å². The SMILES string of the molecule is CCOc1ccc2ccccc2c1/C=C1/SC(=S)N(NC(=O)c2ccccc2Cl)C1=O. The lowest BCUT2D eigenvalue weighted by atomic mass is 10.0. The molecule has 8 heteroatoms. The van der Waals surface area contributed by atoms with E-state index in [1.165, 1.54) is 0 Å². The van der Waals surface area contributed by atoms with Crippen molar-refractivity contribution in [1.82, 2.24) is 10.4 Å². The number of hydrazine groups is 1. The van der Waals surface area contributed by atoms with Crippen LogP contribution in [0.3, 0.4) is 0 Å². The average Bonchev–Trinajstić information content (AvgIpc) is 3.03. The first kappa shape index (κ1) is 21.4. The van der Waals surface area contributed by atoms with E-state index in [9.17, 15) is 9.59 Å². The molecule has 1 aliphatic heterocycles. The lowest BCUT2D eigenvalue weighted by molar-refractivity contribution is -0.123. The molecule has 3 aromatic rings. The molecule has 1 fully saturated rings. The van der Waals surface area contributed by atoms with Gasteiger partial charge in [-0.1, -0.05) is 65.8 Å². The number of thiocarbonyl (C=S) groups is 1. The molecule has 5 nitrogen and oxygen atoms in total. The van der Waals surface area contributed by atoms with E-state index in [0.717, 1.165) is 33.1 Å². The second-order valence-corrected chi connectivity index (χ2v) is 8.65. The standard InChI is InChI=1S/C23H17ClN2O3S2/c1-2-29-19-12-11-14-7-3-4-8-15(14)17(19)13-20-22(28)26(23(30)31-20)25-21(27)16-9-5-6-10-18(16)24/h3-13H,2H2,1H3,(H,25,27)/b20-13+. The van der Waals surface area contributed by atoms with Crippen LogP contribution in [0.15, 0.2) is 65.6 Å². The first-order valence-electron chi connectivity index (χ1n) is 9.47. The number of ether oxygens (including phenoxy) is 1. The van der Waals surface area contributed by atoms with Crippen LogP contribution in [0.5, 0.6) is 5.75 Å². The van der Waals surface area contributed by atoms with Gasteiger partial charge in [-0.15, -0.1) is 0 Å². The van der Waals surface area contributed by atoms with E-state index in [1.54, 1.807) is 30.3 Å². The zero-order valence-electron chi connectivity index (χ0n) is 16.4. The van der Waals surface area contributed by atoms with Crippen molar-refractivity contribution in [2.45, 2.75) is 6.92 Å². The molecule has 156 valence electrons. The lowest BCUT2D eigenvalue weighted by Gasteiger charge is -2.16. The minimum absolute atomic E-state index is 0.231. The number of hydrogen-bond acceptors (Lipinski definition) is 5. The molecule has 0 radical (unpaired) electrons. The molecule has 0 aliphatic carbocycles. The highest BCUT2D eigenvalue weighted by Crippen LogP contribution is 2.36. The summed E-state index contributed by atoms with van der Waals surface area (Å²) in [6.07, 6.45) is 1.76. The Hall–Kier alpha value is -2.87. The van der Waals surface area contributed by atoms with Crippen LogP contribution < -0.4 is 10.2 Å². The maximum atomic E-state index is 13.0. The molecular formula is C23H17ClN2O3S2. The fourth-order valence-corrected chi connectivity index (χ4v) is 4.59. The van der Waals surface area contributed by atoms with Gasteiger partial charge in [0.05, 0.1) is 22.1 Å². The normalized spacial score (nSPS) is 15.0. The average molecular weight is 469 g/mol. The van der Waals surface area contributed by atoms with E-state index in [-0.39, 0.29) is 14.9 Å². The molecule has 1 N–H and O–H groups in total. The van der Waals surface area contributed by atoms with Gasteiger partial charge in [-0.3, -0.25) is 15.0 Å². The summed E-state index contributed by atoms with van der Waals surface area (Å²) in [6.45, 7) is 2.40. The van der Waals surface area contributed by atoms with Crippen molar-refractivity contribution in [2.24, 2.45) is 0 Å². The van der Waals surface area contributed by atoms with Crippen molar-refractivity contribution >= 4 is 68.6 Å². The molecule has 0 spiro atoms. The number of halogens is 1. The Kier molecular flexibility index (Phi) is 6.27. The van der Waals surface area contributed by atoms with Gasteiger partial charge in [0, 0.05) is 5.56 Å². The Morgan fingerprint density at radius 2 is 1.90 bits per heavy atom. The zero-order valence-corrected chi connectivity index (χ0v) is 18.8. The van der Waals surface area contributed by atoms with Crippen molar-refractivity contribution in [2.75, 3.05) is 6.61 Å². The predicted molar refractivity (Wildman–Crippen MR) is 129 cm³/mol. The van der Waals surface area contributed by atoms with Gasteiger partial charge in [0.15, 0.2) is 4.32 Å². The molecule has 1 saturated heterocycles. The van der Waals surface area contributed by atoms with E-state index >= 15 is 0 Å². The minimum atomic E-state index is -0.511. The van der Waals surface area contributed by atoms with E-state index in [2.05, 4.69) is 5.43 Å². The largest absolute Gasteiger partial charge is 0.493 e. The molecule has 0 atom stereocenters. The summed E-state index contributed by atoms with van der Waals surface area (Å²) in [5.41, 5.74) is 3.60. The molecule has 1 aliphatic rings. The van der Waals surface area contributed by atoms with E-state index in [4.69, 9.17) is 28.6 Å². The fraction of sp³-hybridized carbons (Fsp3) is 0.0870. The molecule has 2 amide bonds. The summed E-state index contributed by atoms with van der Waals surface area (Å²) in [6, 6.07) is 18.3. The van der Waals surface area contributed by atoms with Crippen LogP contribution in [0.25, 0.3) is 16.8 Å². The summed E-state index contributed by atoms with van der Waals surface area (Å²) in [5, 5.41) is 3.35. The number of carbonyl (C=O) groups is 2. The maximum absolute atomic E-state index is 13.0. The van der Waals surface area contributed by atoms with Crippen LogP contribution >= 0.6 is 35.6 Å². The number of hydrogen-bond donors (Lipinski definition) is 1. The quantitative estimate of drug-likeness (QED) is 0.399. The number of nitrogens with one attached hydrogen (secondary N) is 1. The van der Waals surface area contributed by atoms with E-state index < -0.39 is 11.8 Å². The van der Waals surface area contributed by atoms with Crippen LogP contribution in [-0.4, -0.2) is 27.8 Å². The third-order valence-corrected chi connectivity index (χ3v) is 6.26. The van der Waals surface area contributed by atoms with E-state index in [0.29, 0.717) is 17.3 Å². The Labute approximate surface area is 194 Å². The van der Waals surface area contributed by atoms with Gasteiger partial charge < -0.3 is 4.74 Å². The fourth-order valence-electron chi connectivity index (χ4n) is 3.21. The lowest BCUT2D eigenvalue weighted by Crippen LogP contribution is -2.44. The van der Waals surface area contributed by atoms with Crippen LogP contribution in [-0.2, 0) is 4.79 Å². The zero-order chi connectivity index (χ0) is 22.0. The van der Waals surface area contributed by atoms with Gasteiger partial charge in [0.2, 0.25) is 0 Å². The monoisotopic (exact) mass is 468 g/mol. The van der Waals surface area contributed by atoms with Crippen LogP contribution in [0.4, 0.5) is 0 Å². The third-order valence-electron chi connectivity index (χ3n) is 4.63. The molecule has 1 heterocycles. The number of carbonyl (C=O) groups excluding carboxylic acids is 2. The first-order valence-corrected chi connectivity index (χ1v) is 11.1. The molecule has 31 heavy (non-hydrogen) atoms. The number of nitrogens with zero attached hydrogens (tertiary/aromatic N) is 1.